The normalized spacial score (nSPS) is 24.4. The summed E-state index contributed by atoms with van der Waals surface area (Å²) >= 11 is 3.50. The summed E-state index contributed by atoms with van der Waals surface area (Å²) in [6, 6.07) is 6.99. The average molecular weight is 311 g/mol. The monoisotopic (exact) mass is 310 g/mol. The molecule has 1 fully saturated rings. The van der Waals surface area contributed by atoms with E-state index in [1.54, 1.807) is 0 Å². The maximum absolute atomic E-state index is 5.82. The Morgan fingerprint density at radius 1 is 1.28 bits per heavy atom. The van der Waals surface area contributed by atoms with E-state index >= 15 is 0 Å². The van der Waals surface area contributed by atoms with Gasteiger partial charge < -0.3 is 5.73 Å². The molecule has 0 heterocycles. The highest BCUT2D eigenvalue weighted by atomic mass is 79.9. The number of halogens is 1. The minimum absolute atomic E-state index is 0.748. The topological polar surface area (TPSA) is 29.3 Å². The number of nitrogen functional groups attached to an aromatic ring is 1. The summed E-state index contributed by atoms with van der Waals surface area (Å²) in [4.78, 5) is 2.49. The molecule has 100 valence electrons. The Kier molecular flexibility index (Phi) is 4.68. The van der Waals surface area contributed by atoms with Crippen LogP contribution in [-0.4, -0.2) is 18.0 Å². The molecule has 1 aliphatic rings. The number of rotatable bonds is 3. The predicted molar refractivity (Wildman–Crippen MR) is 81.4 cm³/mol. The molecule has 0 spiro atoms. The summed E-state index contributed by atoms with van der Waals surface area (Å²) in [5, 5.41) is 0. The van der Waals surface area contributed by atoms with Crippen molar-refractivity contribution in [1.82, 2.24) is 4.90 Å². The van der Waals surface area contributed by atoms with Gasteiger partial charge in [0.25, 0.3) is 0 Å². The van der Waals surface area contributed by atoms with Crippen LogP contribution >= 0.6 is 15.9 Å². The molecule has 2 rings (SSSR count). The Morgan fingerprint density at radius 2 is 1.94 bits per heavy atom. The molecule has 0 radical (unpaired) electrons. The summed E-state index contributed by atoms with van der Waals surface area (Å²) in [5.41, 5.74) is 7.96. The fourth-order valence-corrected chi connectivity index (χ4v) is 3.20. The van der Waals surface area contributed by atoms with Crippen molar-refractivity contribution in [2.45, 2.75) is 45.2 Å². The lowest BCUT2D eigenvalue weighted by Crippen LogP contribution is -2.34. The van der Waals surface area contributed by atoms with E-state index in [2.05, 4.69) is 46.9 Å². The molecule has 1 aromatic carbocycles. The number of hydrogen-bond donors (Lipinski definition) is 1. The van der Waals surface area contributed by atoms with E-state index in [1.807, 2.05) is 6.07 Å². The molecule has 0 unspecified atom stereocenters. The van der Waals surface area contributed by atoms with Gasteiger partial charge in [0.15, 0.2) is 0 Å². The standard InChI is InChI=1S/C15H23BrN2/c1-11-3-6-13(7-4-11)18(2)10-12-5-8-15(17)14(16)9-12/h5,8-9,11,13H,3-4,6-7,10,17H2,1-2H3. The largest absolute Gasteiger partial charge is 0.398 e. The van der Waals surface area contributed by atoms with E-state index in [1.165, 1.54) is 31.2 Å². The van der Waals surface area contributed by atoms with Gasteiger partial charge in [-0.15, -0.1) is 0 Å². The zero-order valence-corrected chi connectivity index (χ0v) is 12.9. The van der Waals surface area contributed by atoms with Crippen LogP contribution in [0.15, 0.2) is 22.7 Å². The van der Waals surface area contributed by atoms with Crippen molar-refractivity contribution in [3.8, 4) is 0 Å². The van der Waals surface area contributed by atoms with Crippen LogP contribution in [0.5, 0.6) is 0 Å². The number of nitrogens with two attached hydrogens (primary N) is 1. The lowest BCUT2D eigenvalue weighted by Gasteiger charge is -2.33. The average Bonchev–Trinajstić information content (AvgIpc) is 2.34. The van der Waals surface area contributed by atoms with Crippen LogP contribution in [0.4, 0.5) is 5.69 Å². The fraction of sp³-hybridized carbons (Fsp3) is 0.600. The molecule has 0 aromatic heterocycles. The first-order valence-corrected chi connectivity index (χ1v) is 7.59. The van der Waals surface area contributed by atoms with E-state index in [0.717, 1.165) is 28.7 Å². The highest BCUT2D eigenvalue weighted by Gasteiger charge is 2.21. The van der Waals surface area contributed by atoms with Gasteiger partial charge in [-0.25, -0.2) is 0 Å². The minimum atomic E-state index is 0.748. The first kappa shape index (κ1) is 13.9. The van der Waals surface area contributed by atoms with E-state index in [9.17, 15) is 0 Å². The molecule has 0 amide bonds. The minimum Gasteiger partial charge on any atom is -0.398 e. The Labute approximate surface area is 119 Å². The number of anilines is 1. The first-order valence-electron chi connectivity index (χ1n) is 6.80. The summed E-state index contributed by atoms with van der Waals surface area (Å²) in [5.74, 6) is 0.917. The summed E-state index contributed by atoms with van der Waals surface area (Å²) in [7, 11) is 2.24. The van der Waals surface area contributed by atoms with Gasteiger partial charge in [0, 0.05) is 22.7 Å². The van der Waals surface area contributed by atoms with Crippen molar-refractivity contribution in [1.29, 1.82) is 0 Å². The second-order valence-corrected chi connectivity index (χ2v) is 6.54. The van der Waals surface area contributed by atoms with Crippen LogP contribution in [-0.2, 0) is 6.54 Å². The fourth-order valence-electron chi connectivity index (χ4n) is 2.77. The molecule has 2 N–H and O–H groups in total. The zero-order valence-electron chi connectivity index (χ0n) is 11.3. The Hall–Kier alpha value is -0.540. The van der Waals surface area contributed by atoms with Crippen molar-refractivity contribution >= 4 is 21.6 Å². The number of hydrogen-bond acceptors (Lipinski definition) is 2. The number of nitrogens with zero attached hydrogens (tertiary/aromatic N) is 1. The van der Waals surface area contributed by atoms with Crippen molar-refractivity contribution in [2.24, 2.45) is 5.92 Å². The smallest absolute Gasteiger partial charge is 0.0458 e. The molecule has 0 aliphatic heterocycles. The Bertz CT molecular complexity index is 397. The molecular formula is C15H23BrN2. The number of benzene rings is 1. The second-order valence-electron chi connectivity index (χ2n) is 5.68. The SMILES string of the molecule is CC1CCC(N(C)Cc2ccc(N)c(Br)c2)CC1. The van der Waals surface area contributed by atoms with Crippen LogP contribution in [0.1, 0.15) is 38.2 Å². The van der Waals surface area contributed by atoms with Crippen molar-refractivity contribution in [3.63, 3.8) is 0 Å². The highest BCUT2D eigenvalue weighted by Crippen LogP contribution is 2.28. The van der Waals surface area contributed by atoms with Gasteiger partial charge in [0.2, 0.25) is 0 Å². The molecule has 1 aromatic rings. The van der Waals surface area contributed by atoms with Crippen molar-refractivity contribution in [2.75, 3.05) is 12.8 Å². The van der Waals surface area contributed by atoms with E-state index in [0.29, 0.717) is 0 Å². The Balaban J connectivity index is 1.94. The van der Waals surface area contributed by atoms with E-state index in [4.69, 9.17) is 5.73 Å². The van der Waals surface area contributed by atoms with Crippen LogP contribution in [0, 0.1) is 5.92 Å². The molecule has 3 heteroatoms. The van der Waals surface area contributed by atoms with Gasteiger partial charge in [-0.05, 0) is 72.3 Å². The van der Waals surface area contributed by atoms with Gasteiger partial charge in [-0.3, -0.25) is 4.90 Å². The lowest BCUT2D eigenvalue weighted by molar-refractivity contribution is 0.164. The third-order valence-electron chi connectivity index (χ3n) is 4.11. The summed E-state index contributed by atoms with van der Waals surface area (Å²) in [6.45, 7) is 3.38. The molecule has 0 atom stereocenters. The molecular weight excluding hydrogens is 288 g/mol. The van der Waals surface area contributed by atoms with Crippen LogP contribution < -0.4 is 5.73 Å². The zero-order chi connectivity index (χ0) is 13.1. The van der Waals surface area contributed by atoms with Crippen LogP contribution in [0.3, 0.4) is 0 Å². The third kappa shape index (κ3) is 3.48. The Morgan fingerprint density at radius 3 is 2.56 bits per heavy atom. The molecule has 18 heavy (non-hydrogen) atoms. The maximum atomic E-state index is 5.82. The molecule has 2 nitrogen and oxygen atoms in total. The van der Waals surface area contributed by atoms with Gasteiger partial charge in [0.1, 0.15) is 0 Å². The quantitative estimate of drug-likeness (QED) is 0.854. The highest BCUT2D eigenvalue weighted by molar-refractivity contribution is 9.10. The molecule has 1 saturated carbocycles. The van der Waals surface area contributed by atoms with Crippen LogP contribution in [0.25, 0.3) is 0 Å². The van der Waals surface area contributed by atoms with Gasteiger partial charge in [-0.1, -0.05) is 13.0 Å². The van der Waals surface area contributed by atoms with Crippen LogP contribution in [0.2, 0.25) is 0 Å². The lowest BCUT2D eigenvalue weighted by atomic mass is 9.86. The predicted octanol–water partition coefficient (Wildman–Crippen LogP) is 4.04. The van der Waals surface area contributed by atoms with Gasteiger partial charge >= 0.3 is 0 Å². The third-order valence-corrected chi connectivity index (χ3v) is 4.79. The van der Waals surface area contributed by atoms with Crippen molar-refractivity contribution in [3.05, 3.63) is 28.2 Å². The molecule has 0 bridgehead atoms. The summed E-state index contributed by atoms with van der Waals surface area (Å²) in [6.07, 6.45) is 5.43. The first-order chi connectivity index (χ1) is 8.56. The van der Waals surface area contributed by atoms with Gasteiger partial charge in [-0.2, -0.15) is 0 Å². The maximum Gasteiger partial charge on any atom is 0.0458 e. The van der Waals surface area contributed by atoms with E-state index < -0.39 is 0 Å². The second kappa shape index (κ2) is 6.07. The summed E-state index contributed by atoms with van der Waals surface area (Å²) < 4.78 is 1.01. The molecule has 0 saturated heterocycles. The van der Waals surface area contributed by atoms with E-state index in [-0.39, 0.29) is 0 Å². The molecule has 1 aliphatic carbocycles. The van der Waals surface area contributed by atoms with Gasteiger partial charge in [0.05, 0.1) is 0 Å². The van der Waals surface area contributed by atoms with Crippen molar-refractivity contribution < 1.29 is 0 Å².